The minimum absolute atomic E-state index is 0.190. The molecule has 0 unspecified atom stereocenters. The number of hydrogen-bond acceptors (Lipinski definition) is 6. The second kappa shape index (κ2) is 9.28. The molecular weight excluding hydrogens is 372 g/mol. The van der Waals surface area contributed by atoms with Crippen molar-refractivity contribution in [1.82, 2.24) is 0 Å². The van der Waals surface area contributed by atoms with Crippen molar-refractivity contribution in [1.29, 1.82) is 0 Å². The first-order valence-corrected chi connectivity index (χ1v) is 9.57. The largest absolute Gasteiger partial charge is 0.481 e. The summed E-state index contributed by atoms with van der Waals surface area (Å²) in [5, 5.41) is 3.20. The normalized spacial score (nSPS) is 10.7. The van der Waals surface area contributed by atoms with E-state index in [9.17, 15) is 9.59 Å². The molecule has 0 atom stereocenters. The van der Waals surface area contributed by atoms with E-state index < -0.39 is 11.9 Å². The van der Waals surface area contributed by atoms with E-state index in [1.165, 1.54) is 0 Å². The molecule has 0 aliphatic rings. The van der Waals surface area contributed by atoms with Crippen molar-refractivity contribution in [2.75, 3.05) is 26.4 Å². The zero-order chi connectivity index (χ0) is 20.8. The van der Waals surface area contributed by atoms with Gasteiger partial charge in [0.1, 0.15) is 11.5 Å². The van der Waals surface area contributed by atoms with Gasteiger partial charge in [-0.3, -0.25) is 0 Å². The second-order valence-corrected chi connectivity index (χ2v) is 6.39. The lowest BCUT2D eigenvalue weighted by atomic mass is 9.97. The number of carbonyl (C=O) groups excluding carboxylic acids is 2. The molecule has 0 saturated heterocycles. The Morgan fingerprint density at radius 2 is 1.24 bits per heavy atom. The Balaban J connectivity index is 2.14. The van der Waals surface area contributed by atoms with Crippen LogP contribution in [0.4, 0.5) is 0 Å². The van der Waals surface area contributed by atoms with Gasteiger partial charge in [-0.15, -0.1) is 0 Å². The van der Waals surface area contributed by atoms with Crippen molar-refractivity contribution in [3.8, 4) is 11.5 Å². The summed E-state index contributed by atoms with van der Waals surface area (Å²) in [6.45, 7) is 5.68. The molecule has 152 valence electrons. The molecule has 0 saturated carbocycles. The van der Waals surface area contributed by atoms with Crippen molar-refractivity contribution in [2.45, 2.75) is 20.8 Å². The van der Waals surface area contributed by atoms with Crippen LogP contribution in [0.5, 0.6) is 11.5 Å². The average molecular weight is 396 g/mol. The quantitative estimate of drug-likeness (QED) is 0.420. The molecule has 6 heteroatoms. The third-order valence-corrected chi connectivity index (χ3v) is 4.44. The van der Waals surface area contributed by atoms with E-state index in [0.29, 0.717) is 24.7 Å². The fraction of sp³-hybridized carbons (Fsp3) is 0.304. The molecule has 0 N–H and O–H groups in total. The third-order valence-electron chi connectivity index (χ3n) is 4.44. The van der Waals surface area contributed by atoms with Gasteiger partial charge in [-0.1, -0.05) is 42.5 Å². The first kappa shape index (κ1) is 20.5. The topological polar surface area (TPSA) is 71.1 Å². The van der Waals surface area contributed by atoms with E-state index in [-0.39, 0.29) is 13.2 Å². The fourth-order valence-corrected chi connectivity index (χ4v) is 3.29. The molecular formula is C23H24O6. The van der Waals surface area contributed by atoms with Crippen molar-refractivity contribution in [3.05, 3.63) is 48.0 Å². The summed E-state index contributed by atoms with van der Waals surface area (Å²) in [5.74, 6) is 0.307. The molecule has 0 radical (unpaired) electrons. The van der Waals surface area contributed by atoms with Crippen LogP contribution < -0.4 is 9.47 Å². The first-order valence-electron chi connectivity index (χ1n) is 9.57. The van der Waals surface area contributed by atoms with Crippen molar-refractivity contribution in [2.24, 2.45) is 0 Å². The zero-order valence-electron chi connectivity index (χ0n) is 16.8. The van der Waals surface area contributed by atoms with Gasteiger partial charge < -0.3 is 18.9 Å². The number of rotatable bonds is 8. The highest BCUT2D eigenvalue weighted by Crippen LogP contribution is 2.44. The SMILES string of the molecule is CCOC(=O)COc1c2ccccc2c(OCC(=O)OCC)c2c(C)cccc12. The standard InChI is InChI=1S/C23H24O6/c1-4-26-19(24)13-28-22-16-10-6-7-11-17(16)23(29-14-20(25)27-5-2)21-15(3)9-8-12-18(21)22/h6-12H,4-5,13-14H2,1-3H3. The lowest BCUT2D eigenvalue weighted by molar-refractivity contribution is -0.146. The molecule has 0 aliphatic heterocycles. The van der Waals surface area contributed by atoms with Crippen LogP contribution in [0.15, 0.2) is 42.5 Å². The summed E-state index contributed by atoms with van der Waals surface area (Å²) in [6, 6.07) is 13.4. The Morgan fingerprint density at radius 3 is 1.83 bits per heavy atom. The van der Waals surface area contributed by atoms with Crippen molar-refractivity contribution in [3.63, 3.8) is 0 Å². The third kappa shape index (κ3) is 4.42. The van der Waals surface area contributed by atoms with E-state index in [1.807, 2.05) is 49.4 Å². The highest BCUT2D eigenvalue weighted by molar-refractivity contribution is 6.12. The van der Waals surface area contributed by atoms with Gasteiger partial charge in [-0.25, -0.2) is 9.59 Å². The molecule has 0 aromatic heterocycles. The number of benzene rings is 3. The number of fused-ring (bicyclic) bond motifs is 2. The molecule has 0 fully saturated rings. The molecule has 0 amide bonds. The van der Waals surface area contributed by atoms with Gasteiger partial charge >= 0.3 is 11.9 Å². The van der Waals surface area contributed by atoms with Crippen LogP contribution in [0.1, 0.15) is 19.4 Å². The summed E-state index contributed by atoms with van der Waals surface area (Å²) in [5.41, 5.74) is 0.966. The van der Waals surface area contributed by atoms with Crippen LogP contribution in [0.3, 0.4) is 0 Å². The summed E-state index contributed by atoms with van der Waals surface area (Å²) in [6.07, 6.45) is 0. The molecule has 3 aromatic rings. The maximum absolute atomic E-state index is 11.9. The smallest absolute Gasteiger partial charge is 0.344 e. The van der Waals surface area contributed by atoms with Crippen molar-refractivity contribution >= 4 is 33.5 Å². The van der Waals surface area contributed by atoms with E-state index in [2.05, 4.69) is 0 Å². The molecule has 3 rings (SSSR count). The van der Waals surface area contributed by atoms with Crippen LogP contribution in [0, 0.1) is 6.92 Å². The minimum atomic E-state index is -0.431. The zero-order valence-corrected chi connectivity index (χ0v) is 16.8. The molecule has 0 bridgehead atoms. The maximum atomic E-state index is 11.9. The molecule has 29 heavy (non-hydrogen) atoms. The van der Waals surface area contributed by atoms with E-state index in [1.54, 1.807) is 13.8 Å². The van der Waals surface area contributed by atoms with Gasteiger partial charge in [0, 0.05) is 21.5 Å². The van der Waals surface area contributed by atoms with Gasteiger partial charge in [0.25, 0.3) is 0 Å². The predicted octanol–water partition coefficient (Wildman–Crippen LogP) is 4.19. The monoisotopic (exact) mass is 396 g/mol. The van der Waals surface area contributed by atoms with Gasteiger partial charge in [0.15, 0.2) is 13.2 Å². The Kier molecular flexibility index (Phi) is 6.54. The number of hydrogen-bond donors (Lipinski definition) is 0. The van der Waals surface area contributed by atoms with Crippen LogP contribution in [0.25, 0.3) is 21.5 Å². The summed E-state index contributed by atoms with van der Waals surface area (Å²) < 4.78 is 21.8. The predicted molar refractivity (Wildman–Crippen MR) is 110 cm³/mol. The second-order valence-electron chi connectivity index (χ2n) is 6.39. The van der Waals surface area contributed by atoms with E-state index >= 15 is 0 Å². The van der Waals surface area contributed by atoms with Crippen LogP contribution in [-0.4, -0.2) is 38.4 Å². The van der Waals surface area contributed by atoms with Gasteiger partial charge in [-0.2, -0.15) is 0 Å². The molecule has 6 nitrogen and oxygen atoms in total. The fourth-order valence-electron chi connectivity index (χ4n) is 3.29. The lowest BCUT2D eigenvalue weighted by Crippen LogP contribution is -2.16. The van der Waals surface area contributed by atoms with Crippen molar-refractivity contribution < 1.29 is 28.5 Å². The summed E-state index contributed by atoms with van der Waals surface area (Å²) >= 11 is 0. The maximum Gasteiger partial charge on any atom is 0.344 e. The Bertz CT molecular complexity index is 1040. The first-order chi connectivity index (χ1) is 14.1. The summed E-state index contributed by atoms with van der Waals surface area (Å²) in [4.78, 5) is 23.7. The van der Waals surface area contributed by atoms with Gasteiger partial charge in [0.05, 0.1) is 13.2 Å². The highest BCUT2D eigenvalue weighted by Gasteiger charge is 2.19. The Morgan fingerprint density at radius 1 is 0.724 bits per heavy atom. The van der Waals surface area contributed by atoms with E-state index in [0.717, 1.165) is 27.1 Å². The molecule has 0 spiro atoms. The van der Waals surface area contributed by atoms with Crippen LogP contribution >= 0.6 is 0 Å². The lowest BCUT2D eigenvalue weighted by Gasteiger charge is -2.18. The average Bonchev–Trinajstić information content (AvgIpc) is 2.71. The van der Waals surface area contributed by atoms with Gasteiger partial charge in [-0.05, 0) is 26.3 Å². The number of carbonyl (C=O) groups is 2. The summed E-state index contributed by atoms with van der Waals surface area (Å²) in [7, 11) is 0. The van der Waals surface area contributed by atoms with Crippen LogP contribution in [-0.2, 0) is 19.1 Å². The van der Waals surface area contributed by atoms with Gasteiger partial charge in [0.2, 0.25) is 0 Å². The number of ether oxygens (including phenoxy) is 4. The molecule has 0 aliphatic carbocycles. The van der Waals surface area contributed by atoms with Crippen LogP contribution in [0.2, 0.25) is 0 Å². The Labute approximate surface area is 169 Å². The van der Waals surface area contributed by atoms with E-state index in [4.69, 9.17) is 18.9 Å². The molecule has 3 aromatic carbocycles. The Hall–Kier alpha value is -3.28. The highest BCUT2D eigenvalue weighted by atomic mass is 16.6. The minimum Gasteiger partial charge on any atom is -0.481 e. The molecule has 0 heterocycles. The number of aryl methyl sites for hydroxylation is 1. The number of esters is 2.